The monoisotopic (exact) mass is 307 g/mol. The van der Waals surface area contributed by atoms with Crippen LogP contribution in [0.2, 0.25) is 0 Å². The van der Waals surface area contributed by atoms with Crippen LogP contribution in [0.1, 0.15) is 38.2 Å². The zero-order valence-corrected chi connectivity index (χ0v) is 13.3. The van der Waals surface area contributed by atoms with Gasteiger partial charge in [0.1, 0.15) is 6.04 Å². The highest BCUT2D eigenvalue weighted by Gasteiger charge is 2.20. The van der Waals surface area contributed by atoms with Crippen LogP contribution in [-0.2, 0) is 16.0 Å². The number of rotatable bonds is 7. The van der Waals surface area contributed by atoms with Gasteiger partial charge in [-0.15, -0.1) is 0 Å². The van der Waals surface area contributed by atoms with Crippen molar-refractivity contribution in [1.29, 1.82) is 0 Å². The molecule has 122 valence electrons. The Labute approximate surface area is 131 Å². The first-order valence-electron chi connectivity index (χ1n) is 7.89. The fraction of sp³-hybridized carbons (Fsp3) is 0.588. The summed E-state index contributed by atoms with van der Waals surface area (Å²) < 4.78 is 16.4. The van der Waals surface area contributed by atoms with Gasteiger partial charge in [0.05, 0.1) is 19.8 Å². The normalized spacial score (nSPS) is 16.3. The maximum Gasteiger partial charge on any atom is 0.322 e. The molecule has 1 aliphatic carbocycles. The first-order chi connectivity index (χ1) is 10.6. The van der Waals surface area contributed by atoms with Gasteiger partial charge in [-0.05, 0) is 56.7 Å². The van der Waals surface area contributed by atoms with E-state index in [1.54, 1.807) is 0 Å². The highest BCUT2D eigenvalue weighted by Crippen LogP contribution is 2.32. The molecule has 0 amide bonds. The van der Waals surface area contributed by atoms with Gasteiger partial charge in [0.15, 0.2) is 11.5 Å². The average Bonchev–Trinajstić information content (AvgIpc) is 3.02. The second-order valence-corrected chi connectivity index (χ2v) is 5.57. The van der Waals surface area contributed by atoms with Crippen LogP contribution >= 0.6 is 0 Å². The van der Waals surface area contributed by atoms with Crippen molar-refractivity contribution in [3.05, 3.63) is 23.8 Å². The summed E-state index contributed by atoms with van der Waals surface area (Å²) in [5.41, 5.74) is 6.74. The fourth-order valence-electron chi connectivity index (χ4n) is 2.72. The van der Waals surface area contributed by atoms with Crippen molar-refractivity contribution in [2.75, 3.05) is 13.7 Å². The van der Waals surface area contributed by atoms with Gasteiger partial charge in [0, 0.05) is 0 Å². The molecule has 0 heterocycles. The Bertz CT molecular complexity index is 497. The predicted molar refractivity (Wildman–Crippen MR) is 84.2 cm³/mol. The van der Waals surface area contributed by atoms with Crippen molar-refractivity contribution in [2.45, 2.75) is 51.2 Å². The van der Waals surface area contributed by atoms with Crippen LogP contribution in [0.25, 0.3) is 0 Å². The number of carbonyl (C=O) groups excluding carboxylic acids is 1. The molecule has 1 aliphatic rings. The molecule has 0 aliphatic heterocycles. The summed E-state index contributed by atoms with van der Waals surface area (Å²) >= 11 is 0. The third-order valence-electron chi connectivity index (χ3n) is 3.86. The van der Waals surface area contributed by atoms with Gasteiger partial charge in [-0.2, -0.15) is 0 Å². The second-order valence-electron chi connectivity index (χ2n) is 5.57. The summed E-state index contributed by atoms with van der Waals surface area (Å²) in [7, 11) is 1.34. The van der Waals surface area contributed by atoms with Gasteiger partial charge in [-0.3, -0.25) is 4.79 Å². The van der Waals surface area contributed by atoms with Crippen molar-refractivity contribution in [3.63, 3.8) is 0 Å². The van der Waals surface area contributed by atoms with Crippen LogP contribution in [0.3, 0.4) is 0 Å². The summed E-state index contributed by atoms with van der Waals surface area (Å²) in [6.07, 6.45) is 5.33. The molecule has 5 nitrogen and oxygen atoms in total. The van der Waals surface area contributed by atoms with Crippen LogP contribution < -0.4 is 15.2 Å². The third-order valence-corrected chi connectivity index (χ3v) is 3.86. The highest BCUT2D eigenvalue weighted by molar-refractivity contribution is 5.75. The molecule has 0 aromatic heterocycles. The first kappa shape index (κ1) is 16.6. The predicted octanol–water partition coefficient (Wildman–Crippen LogP) is 2.45. The third kappa shape index (κ3) is 4.37. The number of hydrogen-bond acceptors (Lipinski definition) is 5. The van der Waals surface area contributed by atoms with E-state index in [1.165, 1.54) is 20.0 Å². The van der Waals surface area contributed by atoms with Crippen LogP contribution in [-0.4, -0.2) is 31.8 Å². The molecule has 22 heavy (non-hydrogen) atoms. The quantitative estimate of drug-likeness (QED) is 0.784. The van der Waals surface area contributed by atoms with Crippen LogP contribution in [0.15, 0.2) is 18.2 Å². The number of methoxy groups -OCH3 is 1. The molecule has 1 aromatic rings. The van der Waals surface area contributed by atoms with Crippen LogP contribution in [0, 0.1) is 0 Å². The van der Waals surface area contributed by atoms with E-state index < -0.39 is 12.0 Å². The van der Waals surface area contributed by atoms with Crippen LogP contribution in [0.4, 0.5) is 0 Å². The summed E-state index contributed by atoms with van der Waals surface area (Å²) in [5.74, 6) is 1.07. The second kappa shape index (κ2) is 8.03. The maximum absolute atomic E-state index is 11.4. The van der Waals surface area contributed by atoms with Gasteiger partial charge in [-0.1, -0.05) is 6.07 Å². The Balaban J connectivity index is 2.09. The molecule has 0 bridgehead atoms. The minimum Gasteiger partial charge on any atom is -0.490 e. The highest BCUT2D eigenvalue weighted by atomic mass is 16.5. The van der Waals surface area contributed by atoms with E-state index in [9.17, 15) is 4.79 Å². The smallest absolute Gasteiger partial charge is 0.322 e. The van der Waals surface area contributed by atoms with E-state index in [0.29, 0.717) is 18.8 Å². The molecule has 1 aromatic carbocycles. The minimum absolute atomic E-state index is 0.280. The summed E-state index contributed by atoms with van der Waals surface area (Å²) in [5, 5.41) is 0. The van der Waals surface area contributed by atoms with Crippen molar-refractivity contribution in [1.82, 2.24) is 0 Å². The number of benzene rings is 1. The topological polar surface area (TPSA) is 70.8 Å². The summed E-state index contributed by atoms with van der Waals surface area (Å²) in [6, 6.07) is 5.07. The largest absolute Gasteiger partial charge is 0.490 e. The Morgan fingerprint density at radius 3 is 2.68 bits per heavy atom. The standard InChI is InChI=1S/C17H25NO4/c1-3-21-16-11-12(10-14(18)17(19)20-2)8-9-15(16)22-13-6-4-5-7-13/h8-9,11,13-14H,3-7,10,18H2,1-2H3. The molecule has 1 saturated carbocycles. The molecule has 2 rings (SSSR count). The van der Waals surface area contributed by atoms with Crippen molar-refractivity contribution < 1.29 is 19.0 Å². The minimum atomic E-state index is -0.666. The van der Waals surface area contributed by atoms with Gasteiger partial charge < -0.3 is 19.9 Å². The molecule has 0 spiro atoms. The Morgan fingerprint density at radius 1 is 1.32 bits per heavy atom. The van der Waals surface area contributed by atoms with E-state index in [1.807, 2.05) is 25.1 Å². The number of hydrogen-bond donors (Lipinski definition) is 1. The van der Waals surface area contributed by atoms with Crippen molar-refractivity contribution in [2.24, 2.45) is 5.73 Å². The van der Waals surface area contributed by atoms with Gasteiger partial charge >= 0.3 is 5.97 Å². The average molecular weight is 307 g/mol. The van der Waals surface area contributed by atoms with E-state index in [-0.39, 0.29) is 6.10 Å². The molecule has 0 saturated heterocycles. The van der Waals surface area contributed by atoms with E-state index in [4.69, 9.17) is 15.2 Å². The Kier molecular flexibility index (Phi) is 6.07. The number of carbonyl (C=O) groups is 1. The maximum atomic E-state index is 11.4. The zero-order chi connectivity index (χ0) is 15.9. The van der Waals surface area contributed by atoms with E-state index >= 15 is 0 Å². The van der Waals surface area contributed by atoms with E-state index in [0.717, 1.165) is 24.2 Å². The van der Waals surface area contributed by atoms with Crippen molar-refractivity contribution >= 4 is 5.97 Å². The SMILES string of the molecule is CCOc1cc(CC(N)C(=O)OC)ccc1OC1CCCC1. The Morgan fingerprint density at radius 2 is 2.05 bits per heavy atom. The number of ether oxygens (including phenoxy) is 3. The van der Waals surface area contributed by atoms with Gasteiger partial charge in [0.2, 0.25) is 0 Å². The molecular formula is C17H25NO4. The number of esters is 1. The lowest BCUT2D eigenvalue weighted by Crippen LogP contribution is -2.33. The summed E-state index contributed by atoms with van der Waals surface area (Å²) in [4.78, 5) is 11.4. The lowest BCUT2D eigenvalue weighted by molar-refractivity contribution is -0.142. The zero-order valence-electron chi connectivity index (χ0n) is 13.3. The molecule has 1 unspecified atom stereocenters. The molecule has 1 fully saturated rings. The lowest BCUT2D eigenvalue weighted by Gasteiger charge is -2.18. The van der Waals surface area contributed by atoms with Gasteiger partial charge in [0.25, 0.3) is 0 Å². The molecular weight excluding hydrogens is 282 g/mol. The molecule has 0 radical (unpaired) electrons. The van der Waals surface area contributed by atoms with Gasteiger partial charge in [-0.25, -0.2) is 0 Å². The number of nitrogens with two attached hydrogens (primary N) is 1. The lowest BCUT2D eigenvalue weighted by atomic mass is 10.1. The molecule has 2 N–H and O–H groups in total. The first-order valence-corrected chi connectivity index (χ1v) is 7.89. The molecule has 5 heteroatoms. The fourth-order valence-corrected chi connectivity index (χ4v) is 2.72. The molecule has 1 atom stereocenters. The van der Waals surface area contributed by atoms with E-state index in [2.05, 4.69) is 4.74 Å². The van der Waals surface area contributed by atoms with Crippen LogP contribution in [0.5, 0.6) is 11.5 Å². The van der Waals surface area contributed by atoms with Crippen molar-refractivity contribution in [3.8, 4) is 11.5 Å². The Hall–Kier alpha value is -1.75. The summed E-state index contributed by atoms with van der Waals surface area (Å²) in [6.45, 7) is 2.50.